The third-order valence-electron chi connectivity index (χ3n) is 5.39. The van der Waals surface area contributed by atoms with E-state index in [2.05, 4.69) is 10.1 Å². The number of fused-ring (bicyclic) bond motifs is 1. The summed E-state index contributed by atoms with van der Waals surface area (Å²) in [5.41, 5.74) is 1.24. The molecule has 0 radical (unpaired) electrons. The van der Waals surface area contributed by atoms with Crippen LogP contribution in [0.5, 0.6) is 11.5 Å². The number of H-pyrrole nitrogens is 1. The lowest BCUT2D eigenvalue weighted by molar-refractivity contribution is 0.483. The van der Waals surface area contributed by atoms with Crippen molar-refractivity contribution in [1.82, 2.24) is 24.7 Å². The van der Waals surface area contributed by atoms with Crippen molar-refractivity contribution in [3.63, 3.8) is 0 Å². The molecule has 0 fully saturated rings. The second-order valence-electron chi connectivity index (χ2n) is 7.84. The van der Waals surface area contributed by atoms with Crippen molar-refractivity contribution in [2.75, 3.05) is 0 Å². The summed E-state index contributed by atoms with van der Waals surface area (Å²) in [5.74, 6) is 0.609. The molecule has 0 amide bonds. The molecule has 5 rings (SSSR count). The second kappa shape index (κ2) is 9.67. The van der Waals surface area contributed by atoms with Gasteiger partial charge in [0.2, 0.25) is 5.69 Å². The number of rotatable bonds is 4. The average Bonchev–Trinajstić information content (AvgIpc) is 2.86. The molecule has 0 unspecified atom stereocenters. The zero-order valence-corrected chi connectivity index (χ0v) is 21.1. The van der Waals surface area contributed by atoms with E-state index in [1.807, 2.05) is 36.2 Å². The molecule has 2 aromatic carbocycles. The predicted octanol–water partition coefficient (Wildman–Crippen LogP) is 5.46. The molecule has 0 atom stereocenters. The first kappa shape index (κ1) is 24.5. The van der Waals surface area contributed by atoms with Crippen molar-refractivity contribution in [2.24, 2.45) is 0 Å². The van der Waals surface area contributed by atoms with Gasteiger partial charge in [-0.25, -0.2) is 14.8 Å². The first-order chi connectivity index (χ1) is 17.7. The van der Waals surface area contributed by atoms with Crippen molar-refractivity contribution in [3.05, 3.63) is 102 Å². The van der Waals surface area contributed by atoms with Gasteiger partial charge in [0, 0.05) is 17.1 Å². The number of nitrogens with zero attached hydrogens (tertiary/aromatic N) is 5. The maximum atomic E-state index is 12.2. The molecule has 5 aromatic rings. The highest BCUT2D eigenvalue weighted by Crippen LogP contribution is 2.39. The molecular weight excluding hydrogens is 539 g/mol. The fourth-order valence-corrected chi connectivity index (χ4v) is 4.41. The first-order valence-electron chi connectivity index (χ1n) is 10.6. The van der Waals surface area contributed by atoms with Gasteiger partial charge < -0.3 is 4.74 Å². The Labute approximate surface area is 223 Å². The lowest BCUT2D eigenvalue weighted by atomic mass is 10.1. The van der Waals surface area contributed by atoms with E-state index in [1.54, 1.807) is 24.4 Å². The summed E-state index contributed by atoms with van der Waals surface area (Å²) < 4.78 is 6.80. The molecular formula is C25H13Cl3N6O3. The molecule has 0 aliphatic heterocycles. The van der Waals surface area contributed by atoms with E-state index in [4.69, 9.17) is 49.8 Å². The molecule has 0 aliphatic rings. The van der Waals surface area contributed by atoms with E-state index in [0.717, 1.165) is 32.4 Å². The van der Waals surface area contributed by atoms with E-state index in [1.165, 1.54) is 12.1 Å². The van der Waals surface area contributed by atoms with Crippen molar-refractivity contribution < 1.29 is 4.74 Å². The molecule has 0 bridgehead atoms. The molecule has 0 spiro atoms. The fraction of sp³-hybridized carbons (Fsp3) is 0.0400. The predicted molar refractivity (Wildman–Crippen MR) is 140 cm³/mol. The Morgan fingerprint density at radius 2 is 1.78 bits per heavy atom. The minimum Gasteiger partial charge on any atom is -0.454 e. The number of ether oxygens (including phenoxy) is 1. The van der Waals surface area contributed by atoms with E-state index >= 15 is 0 Å². The Morgan fingerprint density at radius 3 is 2.49 bits per heavy atom. The van der Waals surface area contributed by atoms with Gasteiger partial charge in [-0.3, -0.25) is 9.78 Å². The van der Waals surface area contributed by atoms with E-state index < -0.39 is 16.9 Å². The van der Waals surface area contributed by atoms with Gasteiger partial charge in [0.1, 0.15) is 17.0 Å². The fourth-order valence-electron chi connectivity index (χ4n) is 3.68. The van der Waals surface area contributed by atoms with Crippen LogP contribution in [0.3, 0.4) is 0 Å². The molecule has 182 valence electrons. The van der Waals surface area contributed by atoms with Gasteiger partial charge in [-0.1, -0.05) is 34.8 Å². The summed E-state index contributed by atoms with van der Waals surface area (Å²) in [6.45, 7) is 1.96. The Bertz CT molecular complexity index is 1850. The van der Waals surface area contributed by atoms with Crippen LogP contribution in [0.25, 0.3) is 27.8 Å². The second-order valence-corrected chi connectivity index (χ2v) is 9.04. The number of halogens is 3. The van der Waals surface area contributed by atoms with Gasteiger partial charge in [-0.2, -0.15) is 9.94 Å². The largest absolute Gasteiger partial charge is 0.454 e. The lowest BCUT2D eigenvalue weighted by Crippen LogP contribution is -2.33. The van der Waals surface area contributed by atoms with Crippen LogP contribution < -0.4 is 16.0 Å². The molecule has 0 saturated heterocycles. The third kappa shape index (κ3) is 4.78. The number of hydrogen-bond acceptors (Lipinski definition) is 7. The Morgan fingerprint density at radius 1 is 1.03 bits per heavy atom. The Kier molecular flexibility index (Phi) is 6.39. The maximum Gasteiger partial charge on any atom is 0.349 e. The Hall–Kier alpha value is -4.23. The topological polar surface area (TPSA) is 127 Å². The van der Waals surface area contributed by atoms with Gasteiger partial charge in [0.25, 0.3) is 5.56 Å². The number of nitrogens with one attached hydrogen (secondary N) is 1. The molecule has 0 aliphatic carbocycles. The molecule has 0 saturated carbocycles. The number of nitriles is 1. The van der Waals surface area contributed by atoms with Crippen molar-refractivity contribution >= 4 is 45.7 Å². The summed E-state index contributed by atoms with van der Waals surface area (Å²) >= 11 is 18.9. The average molecular weight is 552 g/mol. The molecule has 1 N–H and O–H groups in total. The van der Waals surface area contributed by atoms with Crippen LogP contribution >= 0.6 is 34.8 Å². The molecule has 37 heavy (non-hydrogen) atoms. The number of aromatic amines is 1. The normalized spacial score (nSPS) is 10.9. The van der Waals surface area contributed by atoms with Crippen LogP contribution in [0, 0.1) is 18.3 Å². The SMILES string of the molecule is Cc1cc(-c2ccnc(Cl)c2)nc2ccc(Oc3c(Cl)cc(-n4nc(C#N)c(=O)[nH]c4=O)cc3Cl)cc12. The zero-order chi connectivity index (χ0) is 26.3. The third-order valence-corrected chi connectivity index (χ3v) is 6.16. The van der Waals surface area contributed by atoms with Crippen molar-refractivity contribution in [1.29, 1.82) is 5.26 Å². The van der Waals surface area contributed by atoms with E-state index in [-0.39, 0.29) is 21.5 Å². The highest BCUT2D eigenvalue weighted by atomic mass is 35.5. The van der Waals surface area contributed by atoms with Crippen molar-refractivity contribution in [2.45, 2.75) is 6.92 Å². The summed E-state index contributed by atoms with van der Waals surface area (Å²) in [5, 5.41) is 14.2. The van der Waals surface area contributed by atoms with E-state index in [9.17, 15) is 9.59 Å². The molecule has 3 heterocycles. The number of pyridine rings is 2. The van der Waals surface area contributed by atoms with E-state index in [0.29, 0.717) is 10.9 Å². The summed E-state index contributed by atoms with van der Waals surface area (Å²) in [6, 6.07) is 15.3. The van der Waals surface area contributed by atoms with Crippen LogP contribution in [0.2, 0.25) is 15.2 Å². The van der Waals surface area contributed by atoms with Crippen LogP contribution in [-0.2, 0) is 0 Å². The van der Waals surface area contributed by atoms with Gasteiger partial charge in [-0.15, -0.1) is 5.10 Å². The minimum atomic E-state index is -0.890. The summed E-state index contributed by atoms with van der Waals surface area (Å²) in [6.07, 6.45) is 1.63. The maximum absolute atomic E-state index is 12.2. The number of benzene rings is 2. The standard InChI is InChI=1S/C25H13Cl3N6O3/c1-12-6-20(13-4-5-30-22(28)7-13)31-19-3-2-15(10-16(12)19)37-23-17(26)8-14(9-18(23)27)34-25(36)32-24(35)21(11-29)33-34/h2-10H,1H3,(H,32,35,36). The summed E-state index contributed by atoms with van der Waals surface area (Å²) in [4.78, 5) is 34.6. The van der Waals surface area contributed by atoms with Crippen LogP contribution in [0.1, 0.15) is 11.3 Å². The lowest BCUT2D eigenvalue weighted by Gasteiger charge is -2.13. The summed E-state index contributed by atoms with van der Waals surface area (Å²) in [7, 11) is 0. The number of aromatic nitrogens is 5. The van der Waals surface area contributed by atoms with Crippen LogP contribution in [0.4, 0.5) is 0 Å². The molecule has 9 nitrogen and oxygen atoms in total. The monoisotopic (exact) mass is 550 g/mol. The van der Waals surface area contributed by atoms with Gasteiger partial charge in [0.15, 0.2) is 5.75 Å². The molecule has 3 aromatic heterocycles. The first-order valence-corrected chi connectivity index (χ1v) is 11.7. The Balaban J connectivity index is 1.50. The van der Waals surface area contributed by atoms with Crippen LogP contribution in [-0.4, -0.2) is 24.7 Å². The highest BCUT2D eigenvalue weighted by molar-refractivity contribution is 6.37. The smallest absolute Gasteiger partial charge is 0.349 e. The molecule has 12 heteroatoms. The number of hydrogen-bond donors (Lipinski definition) is 1. The zero-order valence-electron chi connectivity index (χ0n) is 18.8. The van der Waals surface area contributed by atoms with Crippen molar-refractivity contribution in [3.8, 4) is 34.5 Å². The highest BCUT2D eigenvalue weighted by Gasteiger charge is 2.16. The number of aryl methyl sites for hydroxylation is 1. The van der Waals surface area contributed by atoms with Gasteiger partial charge >= 0.3 is 5.69 Å². The van der Waals surface area contributed by atoms with Crippen LogP contribution in [0.15, 0.2) is 64.3 Å². The van der Waals surface area contributed by atoms with Gasteiger partial charge in [-0.05, 0) is 61.0 Å². The quantitative estimate of drug-likeness (QED) is 0.294. The van der Waals surface area contributed by atoms with Gasteiger partial charge in [0.05, 0.1) is 26.9 Å². The minimum absolute atomic E-state index is 0.0840.